The van der Waals surface area contributed by atoms with Gasteiger partial charge in [-0.1, -0.05) is 6.08 Å². The molecule has 10 heteroatoms. The molecule has 4 heterocycles. The number of halogens is 1. The second kappa shape index (κ2) is 8.86. The number of aromatic amines is 2. The topological polar surface area (TPSA) is 112 Å². The van der Waals surface area contributed by atoms with Crippen molar-refractivity contribution in [2.75, 3.05) is 18.4 Å². The molecule has 1 aliphatic heterocycles. The Morgan fingerprint density at radius 2 is 2.06 bits per heavy atom. The quantitative estimate of drug-likeness (QED) is 0.371. The molecule has 0 radical (unpaired) electrons. The van der Waals surface area contributed by atoms with E-state index in [1.54, 1.807) is 29.4 Å². The molecule has 1 amide bonds. The van der Waals surface area contributed by atoms with Gasteiger partial charge in [-0.25, -0.2) is 24.1 Å². The molecule has 3 N–H and O–H groups in total. The Morgan fingerprint density at radius 3 is 2.77 bits per heavy atom. The van der Waals surface area contributed by atoms with E-state index in [9.17, 15) is 9.18 Å². The summed E-state index contributed by atoms with van der Waals surface area (Å²) in [4.78, 5) is 33.2. The van der Waals surface area contributed by atoms with Crippen LogP contribution in [0.25, 0.3) is 28.0 Å². The summed E-state index contributed by atoms with van der Waals surface area (Å²) in [6.07, 6.45) is 7.10. The first-order chi connectivity index (χ1) is 16.8. The molecule has 0 spiro atoms. The molecule has 0 aliphatic carbocycles. The largest absolute Gasteiger partial charge is 0.444 e. The number of amides is 1. The standard InChI is InChI=1S/C25H26FN7O2/c1-25(2,3)35-24(34)33-10-6-15(7-11-33)20-13-18-22(29-14-30-23(18)32-20)31-16-4-5-19(26)17(12-16)21-27-8-9-28-21/h4-6,8-9,12-14H,7,10-11H2,1-3H3,(H,27,28)(H2,29,30,31,32). The molecule has 3 aromatic heterocycles. The van der Waals surface area contributed by atoms with Crippen LogP contribution in [-0.2, 0) is 4.74 Å². The lowest BCUT2D eigenvalue weighted by Gasteiger charge is -2.29. The van der Waals surface area contributed by atoms with E-state index in [1.165, 1.54) is 12.4 Å². The van der Waals surface area contributed by atoms with E-state index in [2.05, 4.69) is 30.2 Å². The molecule has 0 fully saturated rings. The van der Waals surface area contributed by atoms with E-state index >= 15 is 0 Å². The first-order valence-corrected chi connectivity index (χ1v) is 11.3. The first-order valence-electron chi connectivity index (χ1n) is 11.3. The molecule has 9 nitrogen and oxygen atoms in total. The summed E-state index contributed by atoms with van der Waals surface area (Å²) in [5.41, 5.74) is 3.20. The normalized spacial score (nSPS) is 14.2. The number of imidazole rings is 1. The lowest BCUT2D eigenvalue weighted by Crippen LogP contribution is -2.39. The second-order valence-electron chi connectivity index (χ2n) is 9.33. The van der Waals surface area contributed by atoms with E-state index in [0.29, 0.717) is 48.1 Å². The number of rotatable bonds is 4. The van der Waals surface area contributed by atoms with Gasteiger partial charge in [-0.2, -0.15) is 0 Å². The summed E-state index contributed by atoms with van der Waals surface area (Å²) in [5, 5.41) is 4.08. The molecule has 0 unspecified atom stereocenters. The molecule has 0 saturated heterocycles. The van der Waals surface area contributed by atoms with Crippen molar-refractivity contribution in [3.63, 3.8) is 0 Å². The molecule has 5 rings (SSSR count). The zero-order valence-electron chi connectivity index (χ0n) is 19.7. The summed E-state index contributed by atoms with van der Waals surface area (Å²) in [5.74, 6) is 0.681. The average Bonchev–Trinajstić information content (AvgIpc) is 3.50. The van der Waals surface area contributed by atoms with Gasteiger partial charge < -0.3 is 24.9 Å². The first kappa shape index (κ1) is 22.6. The maximum Gasteiger partial charge on any atom is 0.410 e. The SMILES string of the molecule is CC(C)(C)OC(=O)N1CC=C(c2cc3c(Nc4ccc(F)c(-c5ncc[nH]5)c4)ncnc3[nH]2)CC1. The van der Waals surface area contributed by atoms with Gasteiger partial charge in [0.1, 0.15) is 35.0 Å². The van der Waals surface area contributed by atoms with Crippen molar-refractivity contribution in [2.45, 2.75) is 32.8 Å². The third kappa shape index (κ3) is 4.86. The maximum atomic E-state index is 14.3. The summed E-state index contributed by atoms with van der Waals surface area (Å²) in [6.45, 7) is 6.62. The fourth-order valence-electron chi connectivity index (χ4n) is 3.95. The number of aromatic nitrogens is 5. The highest BCUT2D eigenvalue weighted by Gasteiger charge is 2.24. The molecule has 180 valence electrons. The predicted octanol–water partition coefficient (Wildman–Crippen LogP) is 5.25. The van der Waals surface area contributed by atoms with E-state index in [0.717, 1.165) is 16.7 Å². The van der Waals surface area contributed by atoms with Gasteiger partial charge in [0.2, 0.25) is 0 Å². The summed E-state index contributed by atoms with van der Waals surface area (Å²) < 4.78 is 19.8. The van der Waals surface area contributed by atoms with Crippen molar-refractivity contribution in [2.24, 2.45) is 0 Å². The number of hydrogen-bond acceptors (Lipinski definition) is 6. The van der Waals surface area contributed by atoms with Crippen molar-refractivity contribution >= 4 is 34.2 Å². The Balaban J connectivity index is 1.37. The third-order valence-electron chi connectivity index (χ3n) is 5.61. The van der Waals surface area contributed by atoms with Crippen LogP contribution in [0.15, 0.2) is 49.1 Å². The number of hydrogen-bond donors (Lipinski definition) is 3. The zero-order valence-corrected chi connectivity index (χ0v) is 19.7. The smallest absolute Gasteiger partial charge is 0.410 e. The molecule has 1 aromatic carbocycles. The van der Waals surface area contributed by atoms with Crippen LogP contribution < -0.4 is 5.32 Å². The Morgan fingerprint density at radius 1 is 1.20 bits per heavy atom. The number of nitrogens with one attached hydrogen (secondary N) is 3. The number of carbonyl (C=O) groups is 1. The number of H-pyrrole nitrogens is 2. The predicted molar refractivity (Wildman–Crippen MR) is 132 cm³/mol. The van der Waals surface area contributed by atoms with Crippen LogP contribution >= 0.6 is 0 Å². The van der Waals surface area contributed by atoms with Crippen LogP contribution in [0.1, 0.15) is 32.9 Å². The maximum absolute atomic E-state index is 14.3. The highest BCUT2D eigenvalue weighted by Crippen LogP contribution is 2.31. The molecular weight excluding hydrogens is 449 g/mol. The van der Waals surface area contributed by atoms with Crippen molar-refractivity contribution in [3.05, 3.63) is 60.6 Å². The van der Waals surface area contributed by atoms with Crippen molar-refractivity contribution < 1.29 is 13.9 Å². The van der Waals surface area contributed by atoms with Crippen LogP contribution in [0, 0.1) is 5.82 Å². The lowest BCUT2D eigenvalue weighted by molar-refractivity contribution is 0.0270. The van der Waals surface area contributed by atoms with Crippen LogP contribution in [0.3, 0.4) is 0 Å². The van der Waals surface area contributed by atoms with E-state index in [1.807, 2.05) is 32.9 Å². The monoisotopic (exact) mass is 475 g/mol. The van der Waals surface area contributed by atoms with Gasteiger partial charge in [-0.15, -0.1) is 0 Å². The van der Waals surface area contributed by atoms with Gasteiger partial charge in [-0.3, -0.25) is 0 Å². The van der Waals surface area contributed by atoms with Crippen LogP contribution in [0.5, 0.6) is 0 Å². The summed E-state index contributed by atoms with van der Waals surface area (Å²) in [6, 6.07) is 6.72. The van der Waals surface area contributed by atoms with Crippen molar-refractivity contribution in [3.8, 4) is 11.4 Å². The number of fused-ring (bicyclic) bond motifs is 1. The minimum Gasteiger partial charge on any atom is -0.444 e. The highest BCUT2D eigenvalue weighted by atomic mass is 19.1. The Labute approximate surface area is 201 Å². The van der Waals surface area contributed by atoms with Crippen molar-refractivity contribution in [1.29, 1.82) is 0 Å². The van der Waals surface area contributed by atoms with Gasteiger partial charge in [0.15, 0.2) is 0 Å². The van der Waals surface area contributed by atoms with Crippen LogP contribution in [0.4, 0.5) is 20.7 Å². The van der Waals surface area contributed by atoms with E-state index in [4.69, 9.17) is 4.74 Å². The Bertz CT molecular complexity index is 1400. The minimum atomic E-state index is -0.524. The highest BCUT2D eigenvalue weighted by molar-refractivity contribution is 5.92. The molecule has 0 atom stereocenters. The fraction of sp³-hybridized carbons (Fsp3) is 0.280. The average molecular weight is 476 g/mol. The lowest BCUT2D eigenvalue weighted by atomic mass is 10.1. The molecule has 1 aliphatic rings. The molecule has 0 saturated carbocycles. The van der Waals surface area contributed by atoms with Crippen molar-refractivity contribution in [1.82, 2.24) is 29.8 Å². The van der Waals surface area contributed by atoms with Crippen LogP contribution in [0.2, 0.25) is 0 Å². The Hall–Kier alpha value is -4.21. The number of benzene rings is 1. The molecule has 0 bridgehead atoms. The third-order valence-corrected chi connectivity index (χ3v) is 5.61. The fourth-order valence-corrected chi connectivity index (χ4v) is 3.95. The minimum absolute atomic E-state index is 0.310. The van der Waals surface area contributed by atoms with Gasteiger partial charge in [0.05, 0.1) is 10.9 Å². The molecular formula is C25H26FN7O2. The van der Waals surface area contributed by atoms with Crippen LogP contribution in [-0.4, -0.2) is 54.6 Å². The van der Waals surface area contributed by atoms with E-state index in [-0.39, 0.29) is 11.9 Å². The molecule has 4 aromatic rings. The number of nitrogens with zero attached hydrogens (tertiary/aromatic N) is 4. The van der Waals surface area contributed by atoms with Gasteiger partial charge in [0, 0.05) is 36.9 Å². The summed E-state index contributed by atoms with van der Waals surface area (Å²) in [7, 11) is 0. The number of anilines is 2. The van der Waals surface area contributed by atoms with Gasteiger partial charge in [-0.05, 0) is 57.0 Å². The van der Waals surface area contributed by atoms with Gasteiger partial charge >= 0.3 is 6.09 Å². The summed E-state index contributed by atoms with van der Waals surface area (Å²) >= 11 is 0. The van der Waals surface area contributed by atoms with E-state index < -0.39 is 5.60 Å². The number of carbonyl (C=O) groups excluding carboxylic acids is 1. The second-order valence-corrected chi connectivity index (χ2v) is 9.33. The van der Waals surface area contributed by atoms with Gasteiger partial charge in [0.25, 0.3) is 0 Å². The Kier molecular flexibility index (Phi) is 5.72. The molecule has 35 heavy (non-hydrogen) atoms. The zero-order chi connectivity index (χ0) is 24.6. The number of ether oxygens (including phenoxy) is 1.